The summed E-state index contributed by atoms with van der Waals surface area (Å²) in [6.07, 6.45) is -6.87. The van der Waals surface area contributed by atoms with Gasteiger partial charge < -0.3 is 10.3 Å². The smallest absolute Gasteiger partial charge is 0.342 e. The standard InChI is InChI=1S/C23H16F5N3O.C2H6/c24-21(25)16-3-1-2-4-17(16)22(32)29-15-8-5-13(6-9-15)11-20-30-18-10-7-14(23(26,27)28)12-19(18)31-20;1-2/h1-10,12,21H,11H2,(H,29,32)(H,30,31);1-2H3. The van der Waals surface area contributed by atoms with Gasteiger partial charge in [-0.3, -0.25) is 4.79 Å². The van der Waals surface area contributed by atoms with E-state index < -0.39 is 24.1 Å². The first kappa shape index (κ1) is 24.9. The van der Waals surface area contributed by atoms with Gasteiger partial charge in [0.2, 0.25) is 0 Å². The number of hydrogen-bond donors (Lipinski definition) is 2. The molecule has 2 N–H and O–H groups in total. The number of aromatic amines is 1. The highest BCUT2D eigenvalue weighted by Crippen LogP contribution is 2.31. The lowest BCUT2D eigenvalue weighted by molar-refractivity contribution is -0.137. The SMILES string of the molecule is CC.O=C(Nc1ccc(Cc2nc3ccc(C(F)(F)F)cc3[nH]2)cc1)c1ccccc1C(F)F. The van der Waals surface area contributed by atoms with E-state index in [1.807, 2.05) is 13.8 Å². The van der Waals surface area contributed by atoms with E-state index in [4.69, 9.17) is 0 Å². The van der Waals surface area contributed by atoms with Crippen LogP contribution in [0.4, 0.5) is 27.6 Å². The second-order valence-electron chi connectivity index (χ2n) is 7.13. The van der Waals surface area contributed by atoms with Gasteiger partial charge in [0.15, 0.2) is 0 Å². The molecule has 0 bridgehead atoms. The molecule has 0 atom stereocenters. The number of aromatic nitrogens is 2. The van der Waals surface area contributed by atoms with Crippen molar-refractivity contribution < 1.29 is 26.7 Å². The molecule has 1 amide bonds. The van der Waals surface area contributed by atoms with Crippen LogP contribution in [0, 0.1) is 0 Å². The highest BCUT2D eigenvalue weighted by Gasteiger charge is 2.30. The zero-order chi connectivity index (χ0) is 24.9. The number of anilines is 1. The van der Waals surface area contributed by atoms with Crippen molar-refractivity contribution in [1.82, 2.24) is 9.97 Å². The van der Waals surface area contributed by atoms with Crippen molar-refractivity contribution in [1.29, 1.82) is 0 Å². The first-order valence-electron chi connectivity index (χ1n) is 10.5. The molecule has 0 radical (unpaired) electrons. The third-order valence-corrected chi connectivity index (χ3v) is 4.88. The molecule has 0 aliphatic rings. The van der Waals surface area contributed by atoms with Crippen LogP contribution < -0.4 is 5.32 Å². The fourth-order valence-electron chi connectivity index (χ4n) is 3.31. The van der Waals surface area contributed by atoms with Crippen LogP contribution in [0.3, 0.4) is 0 Å². The summed E-state index contributed by atoms with van der Waals surface area (Å²) in [5, 5.41) is 2.58. The van der Waals surface area contributed by atoms with Crippen LogP contribution in [0.1, 0.15) is 53.1 Å². The van der Waals surface area contributed by atoms with Gasteiger partial charge in [0, 0.05) is 23.2 Å². The van der Waals surface area contributed by atoms with Gasteiger partial charge in [-0.25, -0.2) is 13.8 Å². The topological polar surface area (TPSA) is 57.8 Å². The Labute approximate surface area is 192 Å². The number of imidazole rings is 1. The largest absolute Gasteiger partial charge is 0.416 e. The third kappa shape index (κ3) is 5.78. The molecule has 178 valence electrons. The van der Waals surface area contributed by atoms with Crippen LogP contribution in [0.5, 0.6) is 0 Å². The number of amides is 1. The number of halogens is 5. The molecule has 0 saturated heterocycles. The van der Waals surface area contributed by atoms with Crippen molar-refractivity contribution in [2.45, 2.75) is 32.9 Å². The van der Waals surface area contributed by atoms with Crippen molar-refractivity contribution >= 4 is 22.6 Å². The fraction of sp³-hybridized carbons (Fsp3) is 0.200. The number of nitrogens with one attached hydrogen (secondary N) is 2. The first-order valence-corrected chi connectivity index (χ1v) is 10.5. The predicted octanol–water partition coefficient (Wildman–Crippen LogP) is 7.39. The lowest BCUT2D eigenvalue weighted by Crippen LogP contribution is -2.14. The number of H-pyrrole nitrogens is 1. The van der Waals surface area contributed by atoms with Crippen molar-refractivity contribution in [2.24, 2.45) is 0 Å². The molecule has 0 saturated carbocycles. The Morgan fingerprint density at radius 1 is 1.00 bits per heavy atom. The van der Waals surface area contributed by atoms with E-state index in [1.54, 1.807) is 24.3 Å². The lowest BCUT2D eigenvalue weighted by Gasteiger charge is -2.10. The number of carbonyl (C=O) groups excluding carboxylic acids is 1. The molecule has 0 aliphatic heterocycles. The lowest BCUT2D eigenvalue weighted by atomic mass is 10.1. The van der Waals surface area contributed by atoms with Crippen LogP contribution in [-0.2, 0) is 12.6 Å². The molecule has 34 heavy (non-hydrogen) atoms. The Morgan fingerprint density at radius 2 is 1.68 bits per heavy atom. The summed E-state index contributed by atoms with van der Waals surface area (Å²) in [6.45, 7) is 4.00. The van der Waals surface area contributed by atoms with E-state index in [0.717, 1.165) is 17.7 Å². The molecule has 4 rings (SSSR count). The highest BCUT2D eigenvalue weighted by atomic mass is 19.4. The number of benzene rings is 3. The minimum Gasteiger partial charge on any atom is -0.342 e. The number of alkyl halides is 5. The van der Waals surface area contributed by atoms with Gasteiger partial charge in [0.1, 0.15) is 5.82 Å². The Kier molecular flexibility index (Phi) is 7.65. The summed E-state index contributed by atoms with van der Waals surface area (Å²) in [4.78, 5) is 19.6. The van der Waals surface area contributed by atoms with Gasteiger partial charge in [-0.15, -0.1) is 0 Å². The number of fused-ring (bicyclic) bond motifs is 1. The molecule has 1 heterocycles. The molecular weight excluding hydrogens is 453 g/mol. The summed E-state index contributed by atoms with van der Waals surface area (Å²) in [5.41, 5.74) is 0.722. The summed E-state index contributed by atoms with van der Waals surface area (Å²) in [5.74, 6) is -0.159. The summed E-state index contributed by atoms with van der Waals surface area (Å²) in [6, 6.07) is 15.4. The van der Waals surface area contributed by atoms with Crippen LogP contribution in [0.2, 0.25) is 0 Å². The van der Waals surface area contributed by atoms with E-state index in [1.165, 1.54) is 30.3 Å². The van der Waals surface area contributed by atoms with E-state index >= 15 is 0 Å². The monoisotopic (exact) mass is 475 g/mol. The predicted molar refractivity (Wildman–Crippen MR) is 121 cm³/mol. The van der Waals surface area contributed by atoms with Crippen molar-refractivity contribution in [3.05, 3.63) is 94.8 Å². The number of carbonyl (C=O) groups is 1. The fourth-order valence-corrected chi connectivity index (χ4v) is 3.31. The zero-order valence-electron chi connectivity index (χ0n) is 18.4. The Hall–Kier alpha value is -3.75. The highest BCUT2D eigenvalue weighted by molar-refractivity contribution is 6.05. The molecule has 4 aromatic rings. The quantitative estimate of drug-likeness (QED) is 0.296. The second kappa shape index (κ2) is 10.5. The van der Waals surface area contributed by atoms with Gasteiger partial charge in [0.05, 0.1) is 16.6 Å². The number of rotatable bonds is 5. The van der Waals surface area contributed by atoms with E-state index in [2.05, 4.69) is 15.3 Å². The zero-order valence-corrected chi connectivity index (χ0v) is 18.4. The summed E-state index contributed by atoms with van der Waals surface area (Å²) >= 11 is 0. The first-order chi connectivity index (χ1) is 16.2. The molecule has 3 aromatic carbocycles. The molecule has 0 fully saturated rings. The van der Waals surface area contributed by atoms with Gasteiger partial charge in [-0.05, 0) is 42.0 Å². The van der Waals surface area contributed by atoms with Crippen molar-refractivity contribution in [3.8, 4) is 0 Å². The molecule has 9 heteroatoms. The number of nitrogens with zero attached hydrogens (tertiary/aromatic N) is 1. The minimum absolute atomic E-state index is 0.105. The molecule has 0 unspecified atom stereocenters. The minimum atomic E-state index is -4.43. The van der Waals surface area contributed by atoms with E-state index in [0.29, 0.717) is 23.4 Å². The molecular formula is C25H22F5N3O. The van der Waals surface area contributed by atoms with E-state index in [9.17, 15) is 26.7 Å². The van der Waals surface area contributed by atoms with Gasteiger partial charge >= 0.3 is 6.18 Å². The second-order valence-corrected chi connectivity index (χ2v) is 7.13. The normalized spacial score (nSPS) is 11.3. The maximum absolute atomic E-state index is 13.1. The summed E-state index contributed by atoms with van der Waals surface area (Å²) in [7, 11) is 0. The van der Waals surface area contributed by atoms with Crippen LogP contribution in [-0.4, -0.2) is 15.9 Å². The van der Waals surface area contributed by atoms with Crippen molar-refractivity contribution in [2.75, 3.05) is 5.32 Å². The summed E-state index contributed by atoms with van der Waals surface area (Å²) < 4.78 is 64.8. The third-order valence-electron chi connectivity index (χ3n) is 4.88. The Morgan fingerprint density at radius 3 is 2.32 bits per heavy atom. The maximum atomic E-state index is 13.1. The van der Waals surface area contributed by atoms with Gasteiger partial charge in [-0.1, -0.05) is 44.2 Å². The molecule has 0 spiro atoms. The number of hydrogen-bond acceptors (Lipinski definition) is 2. The maximum Gasteiger partial charge on any atom is 0.416 e. The average Bonchev–Trinajstić information content (AvgIpc) is 3.22. The molecule has 1 aromatic heterocycles. The van der Waals surface area contributed by atoms with Crippen LogP contribution in [0.25, 0.3) is 11.0 Å². The average molecular weight is 475 g/mol. The van der Waals surface area contributed by atoms with Gasteiger partial charge in [0.25, 0.3) is 12.3 Å². The van der Waals surface area contributed by atoms with Crippen LogP contribution in [0.15, 0.2) is 66.7 Å². The van der Waals surface area contributed by atoms with Gasteiger partial charge in [-0.2, -0.15) is 13.2 Å². The van der Waals surface area contributed by atoms with Crippen LogP contribution >= 0.6 is 0 Å². The Balaban J connectivity index is 0.00000158. The van der Waals surface area contributed by atoms with E-state index in [-0.39, 0.29) is 16.6 Å². The van der Waals surface area contributed by atoms with Crippen molar-refractivity contribution in [3.63, 3.8) is 0 Å². The molecule has 4 nitrogen and oxygen atoms in total. The Bertz CT molecular complexity index is 1260. The molecule has 0 aliphatic carbocycles.